The number of hydrogen-bond donors (Lipinski definition) is 2. The second-order valence-corrected chi connectivity index (χ2v) is 4.41. The molecule has 0 aliphatic carbocycles. The lowest BCUT2D eigenvalue weighted by atomic mass is 9.93. The summed E-state index contributed by atoms with van der Waals surface area (Å²) in [6, 6.07) is 0.104. The number of rotatable bonds is 3. The summed E-state index contributed by atoms with van der Waals surface area (Å²) in [5, 5.41) is 2.83. The van der Waals surface area contributed by atoms with Crippen molar-refractivity contribution in [3.05, 3.63) is 0 Å². The van der Waals surface area contributed by atoms with Crippen molar-refractivity contribution in [2.45, 2.75) is 39.2 Å². The molecule has 2 unspecified atom stereocenters. The highest BCUT2D eigenvalue weighted by Gasteiger charge is 2.31. The van der Waals surface area contributed by atoms with Crippen molar-refractivity contribution in [2.24, 2.45) is 11.7 Å². The summed E-state index contributed by atoms with van der Waals surface area (Å²) in [5.74, 6) is -0.497. The fourth-order valence-corrected chi connectivity index (χ4v) is 1.96. The molecule has 1 heterocycles. The lowest BCUT2D eigenvalue weighted by molar-refractivity contribution is -0.123. The standard InChI is InChI=1S/C11H21N3O2/c1-3-6-13-11(16)14-7-9(10(12)15)5-4-8(14)2/h8-9H,3-7H2,1-2H3,(H2,12,15)(H,13,16). The molecular formula is C11H21N3O2. The summed E-state index contributed by atoms with van der Waals surface area (Å²) >= 11 is 0. The molecule has 0 saturated carbocycles. The summed E-state index contributed by atoms with van der Waals surface area (Å²) in [5.41, 5.74) is 5.28. The summed E-state index contributed by atoms with van der Waals surface area (Å²) in [6.07, 6.45) is 2.54. The van der Waals surface area contributed by atoms with Crippen LogP contribution < -0.4 is 11.1 Å². The van der Waals surface area contributed by atoms with E-state index in [0.29, 0.717) is 13.1 Å². The molecule has 3 N–H and O–H groups in total. The molecule has 0 aromatic rings. The number of amides is 3. The van der Waals surface area contributed by atoms with Gasteiger partial charge in [0, 0.05) is 19.1 Å². The van der Waals surface area contributed by atoms with Gasteiger partial charge in [-0.2, -0.15) is 0 Å². The molecule has 92 valence electrons. The topological polar surface area (TPSA) is 75.4 Å². The van der Waals surface area contributed by atoms with E-state index in [9.17, 15) is 9.59 Å². The van der Waals surface area contributed by atoms with Crippen molar-refractivity contribution >= 4 is 11.9 Å². The van der Waals surface area contributed by atoms with E-state index < -0.39 is 0 Å². The van der Waals surface area contributed by atoms with Crippen molar-refractivity contribution in [1.82, 2.24) is 10.2 Å². The maximum Gasteiger partial charge on any atom is 0.317 e. The van der Waals surface area contributed by atoms with E-state index >= 15 is 0 Å². The second-order valence-electron chi connectivity index (χ2n) is 4.41. The highest BCUT2D eigenvalue weighted by atomic mass is 16.2. The number of nitrogens with zero attached hydrogens (tertiary/aromatic N) is 1. The Labute approximate surface area is 96.4 Å². The summed E-state index contributed by atoms with van der Waals surface area (Å²) in [4.78, 5) is 24.6. The first-order chi connectivity index (χ1) is 7.56. The van der Waals surface area contributed by atoms with Crippen LogP contribution in [-0.4, -0.2) is 36.0 Å². The van der Waals surface area contributed by atoms with Gasteiger partial charge in [-0.25, -0.2) is 4.79 Å². The summed E-state index contributed by atoms with van der Waals surface area (Å²) in [7, 11) is 0. The molecule has 1 aliphatic heterocycles. The zero-order valence-corrected chi connectivity index (χ0v) is 10.0. The van der Waals surface area contributed by atoms with Gasteiger partial charge in [0.25, 0.3) is 0 Å². The van der Waals surface area contributed by atoms with Crippen molar-refractivity contribution in [3.8, 4) is 0 Å². The molecule has 1 aliphatic rings. The quantitative estimate of drug-likeness (QED) is 0.744. The minimum Gasteiger partial charge on any atom is -0.369 e. The zero-order chi connectivity index (χ0) is 12.1. The van der Waals surface area contributed by atoms with Crippen LogP contribution in [0, 0.1) is 5.92 Å². The van der Waals surface area contributed by atoms with Gasteiger partial charge in [0.05, 0.1) is 5.92 Å². The molecule has 5 nitrogen and oxygen atoms in total. The Morgan fingerprint density at radius 2 is 2.12 bits per heavy atom. The van der Waals surface area contributed by atoms with Gasteiger partial charge in [0.1, 0.15) is 0 Å². The molecule has 1 saturated heterocycles. The largest absolute Gasteiger partial charge is 0.369 e. The summed E-state index contributed by atoms with van der Waals surface area (Å²) in [6.45, 7) is 5.13. The first-order valence-corrected chi connectivity index (χ1v) is 5.90. The van der Waals surface area contributed by atoms with Gasteiger partial charge >= 0.3 is 6.03 Å². The number of likely N-dealkylation sites (tertiary alicyclic amines) is 1. The predicted molar refractivity (Wildman–Crippen MR) is 61.8 cm³/mol. The normalized spacial score (nSPS) is 25.2. The third-order valence-corrected chi connectivity index (χ3v) is 3.07. The Bertz CT molecular complexity index is 268. The summed E-state index contributed by atoms with van der Waals surface area (Å²) < 4.78 is 0. The zero-order valence-electron chi connectivity index (χ0n) is 10.0. The van der Waals surface area contributed by atoms with E-state index in [4.69, 9.17) is 5.73 Å². The smallest absolute Gasteiger partial charge is 0.317 e. The van der Waals surface area contributed by atoms with Crippen molar-refractivity contribution in [2.75, 3.05) is 13.1 Å². The van der Waals surface area contributed by atoms with Crippen LogP contribution in [0.2, 0.25) is 0 Å². The fraction of sp³-hybridized carbons (Fsp3) is 0.818. The number of carbonyl (C=O) groups excluding carboxylic acids is 2. The molecule has 0 bridgehead atoms. The average molecular weight is 227 g/mol. The molecular weight excluding hydrogens is 206 g/mol. The Morgan fingerprint density at radius 3 is 2.69 bits per heavy atom. The van der Waals surface area contributed by atoms with Crippen molar-refractivity contribution in [1.29, 1.82) is 0 Å². The monoisotopic (exact) mass is 227 g/mol. The van der Waals surface area contributed by atoms with Gasteiger partial charge in [-0.3, -0.25) is 4.79 Å². The molecule has 2 atom stereocenters. The van der Waals surface area contributed by atoms with Crippen molar-refractivity contribution in [3.63, 3.8) is 0 Å². The molecule has 1 fully saturated rings. The first-order valence-electron chi connectivity index (χ1n) is 5.90. The molecule has 5 heteroatoms. The van der Waals surface area contributed by atoms with Gasteiger partial charge in [-0.15, -0.1) is 0 Å². The van der Waals surface area contributed by atoms with Crippen LogP contribution in [0.15, 0.2) is 0 Å². The van der Waals surface area contributed by atoms with Crippen LogP contribution in [0.1, 0.15) is 33.1 Å². The van der Waals surface area contributed by atoms with Gasteiger partial charge in [0.2, 0.25) is 5.91 Å². The third kappa shape index (κ3) is 3.12. The molecule has 1 rings (SSSR count). The van der Waals surface area contributed by atoms with Crippen LogP contribution in [0.3, 0.4) is 0 Å². The number of nitrogens with two attached hydrogens (primary N) is 1. The number of piperidine rings is 1. The third-order valence-electron chi connectivity index (χ3n) is 3.07. The number of primary amides is 1. The van der Waals surface area contributed by atoms with E-state index in [-0.39, 0.29) is 23.9 Å². The average Bonchev–Trinajstić information content (AvgIpc) is 2.26. The van der Waals surface area contributed by atoms with Crippen LogP contribution in [0.5, 0.6) is 0 Å². The van der Waals surface area contributed by atoms with Gasteiger partial charge in [0.15, 0.2) is 0 Å². The molecule has 0 radical (unpaired) electrons. The van der Waals surface area contributed by atoms with E-state index in [0.717, 1.165) is 19.3 Å². The van der Waals surface area contributed by atoms with Gasteiger partial charge < -0.3 is 16.0 Å². The van der Waals surface area contributed by atoms with Crippen LogP contribution in [0.25, 0.3) is 0 Å². The highest BCUT2D eigenvalue weighted by Crippen LogP contribution is 2.21. The molecule has 3 amide bonds. The molecule has 0 spiro atoms. The lowest BCUT2D eigenvalue weighted by Gasteiger charge is -2.36. The lowest BCUT2D eigenvalue weighted by Crippen LogP contribution is -2.52. The number of carbonyl (C=O) groups is 2. The Balaban J connectivity index is 2.55. The minimum atomic E-state index is -0.305. The Kier molecular flexibility index (Phi) is 4.58. The SMILES string of the molecule is CCCNC(=O)N1CC(C(N)=O)CCC1C. The van der Waals surface area contributed by atoms with Crippen molar-refractivity contribution < 1.29 is 9.59 Å². The maximum atomic E-state index is 11.8. The van der Waals surface area contributed by atoms with E-state index in [1.165, 1.54) is 0 Å². The fourth-order valence-electron chi connectivity index (χ4n) is 1.96. The Morgan fingerprint density at radius 1 is 1.44 bits per heavy atom. The molecule has 0 aromatic heterocycles. The van der Waals surface area contributed by atoms with E-state index in [2.05, 4.69) is 5.32 Å². The number of hydrogen-bond acceptors (Lipinski definition) is 2. The maximum absolute atomic E-state index is 11.8. The number of urea groups is 1. The van der Waals surface area contributed by atoms with E-state index in [1.54, 1.807) is 4.90 Å². The van der Waals surface area contributed by atoms with E-state index in [1.807, 2.05) is 13.8 Å². The van der Waals surface area contributed by atoms with Gasteiger partial charge in [-0.1, -0.05) is 6.92 Å². The van der Waals surface area contributed by atoms with Crippen LogP contribution >= 0.6 is 0 Å². The number of nitrogens with one attached hydrogen (secondary N) is 1. The predicted octanol–water partition coefficient (Wildman–Crippen LogP) is 0.692. The molecule has 16 heavy (non-hydrogen) atoms. The highest BCUT2D eigenvalue weighted by molar-refractivity contribution is 5.79. The second kappa shape index (κ2) is 5.72. The Hall–Kier alpha value is -1.26. The minimum absolute atomic E-state index is 0.0831. The molecule has 0 aromatic carbocycles. The van der Waals surface area contributed by atoms with Gasteiger partial charge in [-0.05, 0) is 26.2 Å². The van der Waals surface area contributed by atoms with Crippen LogP contribution in [0.4, 0.5) is 4.79 Å². The van der Waals surface area contributed by atoms with Crippen LogP contribution in [-0.2, 0) is 4.79 Å². The first kappa shape index (κ1) is 12.8.